The third-order valence-corrected chi connectivity index (χ3v) is 3.95. The fraction of sp³-hybridized carbons (Fsp3) is 0.0769. The van der Waals surface area contributed by atoms with Gasteiger partial charge in [-0.2, -0.15) is 0 Å². The van der Waals surface area contributed by atoms with Crippen LogP contribution >= 0.6 is 11.8 Å². The topological polar surface area (TPSA) is 56.7 Å². The molecule has 0 saturated heterocycles. The van der Waals surface area contributed by atoms with E-state index in [1.54, 1.807) is 24.2 Å². The van der Waals surface area contributed by atoms with Gasteiger partial charge in [-0.25, -0.2) is 4.98 Å². The number of hydrogen-bond donors (Lipinski definition) is 1. The van der Waals surface area contributed by atoms with Crippen LogP contribution in [0.15, 0.2) is 53.0 Å². The van der Waals surface area contributed by atoms with Gasteiger partial charge in [0.2, 0.25) is 0 Å². The number of aromatic nitrogens is 3. The van der Waals surface area contributed by atoms with Gasteiger partial charge in [0.15, 0.2) is 5.16 Å². The zero-order valence-corrected chi connectivity index (χ0v) is 10.7. The maximum Gasteiger partial charge on any atom is 0.172 e. The maximum atomic E-state index is 6.20. The lowest BCUT2D eigenvalue weighted by atomic mass is 10.1. The standard InChI is InChI=1S/C13H12N4S/c1-17-7-6-16-13(17)18-11-3-2-9-8-15-5-4-10(9)12(11)14/h2-8H,14H2,1H3. The van der Waals surface area contributed by atoms with E-state index in [9.17, 15) is 0 Å². The Kier molecular flexibility index (Phi) is 2.68. The first kappa shape index (κ1) is 11.1. The molecule has 0 saturated carbocycles. The molecule has 3 aromatic rings. The molecule has 0 atom stereocenters. The normalized spacial score (nSPS) is 10.9. The van der Waals surface area contributed by atoms with Crippen molar-refractivity contribution in [1.29, 1.82) is 0 Å². The number of hydrogen-bond acceptors (Lipinski definition) is 4. The van der Waals surface area contributed by atoms with Crippen LogP contribution in [0, 0.1) is 0 Å². The van der Waals surface area contributed by atoms with Crippen LogP contribution in [0.1, 0.15) is 0 Å². The summed E-state index contributed by atoms with van der Waals surface area (Å²) >= 11 is 1.57. The van der Waals surface area contributed by atoms with Crippen molar-refractivity contribution in [1.82, 2.24) is 14.5 Å². The molecule has 0 aliphatic carbocycles. The molecule has 2 N–H and O–H groups in total. The number of imidazole rings is 1. The molecule has 0 radical (unpaired) electrons. The summed E-state index contributed by atoms with van der Waals surface area (Å²) in [7, 11) is 1.97. The van der Waals surface area contributed by atoms with Crippen molar-refractivity contribution >= 4 is 28.2 Å². The Morgan fingerprint density at radius 2 is 2.11 bits per heavy atom. The highest BCUT2D eigenvalue weighted by Gasteiger charge is 2.08. The number of rotatable bonds is 2. The van der Waals surface area contributed by atoms with Crippen molar-refractivity contribution in [2.45, 2.75) is 10.1 Å². The largest absolute Gasteiger partial charge is 0.397 e. The van der Waals surface area contributed by atoms with Crippen LogP contribution in [-0.4, -0.2) is 14.5 Å². The summed E-state index contributed by atoms with van der Waals surface area (Å²) in [6, 6.07) is 5.98. The third kappa shape index (κ3) is 1.82. The van der Waals surface area contributed by atoms with Gasteiger partial charge in [-0.3, -0.25) is 4.98 Å². The summed E-state index contributed by atoms with van der Waals surface area (Å²) in [5.41, 5.74) is 6.98. The second-order valence-corrected chi connectivity index (χ2v) is 5.01. The Bertz CT molecular complexity index is 705. The van der Waals surface area contributed by atoms with Crippen LogP contribution in [0.4, 0.5) is 5.69 Å². The van der Waals surface area contributed by atoms with Crippen LogP contribution < -0.4 is 5.73 Å². The first-order valence-electron chi connectivity index (χ1n) is 5.53. The number of nitrogens with two attached hydrogens (primary N) is 1. The summed E-state index contributed by atoms with van der Waals surface area (Å²) in [5.74, 6) is 0. The van der Waals surface area contributed by atoms with Gasteiger partial charge in [0.1, 0.15) is 0 Å². The Morgan fingerprint density at radius 3 is 2.89 bits per heavy atom. The van der Waals surface area contributed by atoms with E-state index in [0.29, 0.717) is 0 Å². The van der Waals surface area contributed by atoms with E-state index in [4.69, 9.17) is 5.73 Å². The van der Waals surface area contributed by atoms with E-state index in [1.165, 1.54) is 0 Å². The molecular formula is C13H12N4S. The zero-order valence-electron chi connectivity index (χ0n) is 9.87. The van der Waals surface area contributed by atoms with Crippen LogP contribution in [-0.2, 0) is 7.05 Å². The van der Waals surface area contributed by atoms with Crippen LogP contribution in [0.2, 0.25) is 0 Å². The summed E-state index contributed by atoms with van der Waals surface area (Å²) in [6.45, 7) is 0. The molecule has 2 heterocycles. The lowest BCUT2D eigenvalue weighted by Crippen LogP contribution is -1.93. The zero-order chi connectivity index (χ0) is 12.5. The van der Waals surface area contributed by atoms with Gasteiger partial charge in [0.05, 0.1) is 5.69 Å². The van der Waals surface area contributed by atoms with Crippen molar-refractivity contribution in [2.75, 3.05) is 5.73 Å². The molecule has 90 valence electrons. The minimum absolute atomic E-state index is 0.780. The molecule has 2 aromatic heterocycles. The van der Waals surface area contributed by atoms with Crippen LogP contribution in [0.3, 0.4) is 0 Å². The van der Waals surface area contributed by atoms with Gasteiger partial charge < -0.3 is 10.3 Å². The molecule has 1 aromatic carbocycles. The molecule has 0 spiro atoms. The van der Waals surface area contributed by atoms with Gasteiger partial charge >= 0.3 is 0 Å². The van der Waals surface area contributed by atoms with Crippen molar-refractivity contribution in [3.63, 3.8) is 0 Å². The Labute approximate surface area is 109 Å². The molecule has 18 heavy (non-hydrogen) atoms. The second kappa shape index (κ2) is 4.34. The van der Waals surface area contributed by atoms with E-state index in [0.717, 1.165) is 26.5 Å². The van der Waals surface area contributed by atoms with E-state index < -0.39 is 0 Å². The number of pyridine rings is 1. The van der Waals surface area contributed by atoms with Gasteiger partial charge in [-0.1, -0.05) is 6.07 Å². The molecule has 0 unspecified atom stereocenters. The molecule has 0 fully saturated rings. The van der Waals surface area contributed by atoms with Crippen molar-refractivity contribution in [3.8, 4) is 0 Å². The molecule has 0 amide bonds. The van der Waals surface area contributed by atoms with Crippen LogP contribution in [0.25, 0.3) is 10.8 Å². The van der Waals surface area contributed by atoms with Crippen molar-refractivity contribution in [3.05, 3.63) is 43.0 Å². The Morgan fingerprint density at radius 1 is 1.22 bits per heavy atom. The van der Waals surface area contributed by atoms with E-state index in [1.807, 2.05) is 42.2 Å². The summed E-state index contributed by atoms with van der Waals surface area (Å²) in [4.78, 5) is 9.40. The first-order valence-corrected chi connectivity index (χ1v) is 6.35. The fourth-order valence-electron chi connectivity index (χ4n) is 1.81. The molecule has 0 aliphatic rings. The lowest BCUT2D eigenvalue weighted by molar-refractivity contribution is 0.790. The first-order chi connectivity index (χ1) is 8.75. The minimum Gasteiger partial charge on any atom is -0.397 e. The van der Waals surface area contributed by atoms with E-state index >= 15 is 0 Å². The van der Waals surface area contributed by atoms with Crippen LogP contribution in [0.5, 0.6) is 0 Å². The minimum atomic E-state index is 0.780. The predicted molar refractivity (Wildman–Crippen MR) is 73.5 cm³/mol. The number of nitrogens with zero attached hydrogens (tertiary/aromatic N) is 3. The summed E-state index contributed by atoms with van der Waals surface area (Å²) in [5, 5.41) is 3.01. The molecule has 4 nitrogen and oxygen atoms in total. The number of fused-ring (bicyclic) bond motifs is 1. The quantitative estimate of drug-likeness (QED) is 0.716. The highest BCUT2D eigenvalue weighted by Crippen LogP contribution is 2.34. The SMILES string of the molecule is Cn1ccnc1Sc1ccc2cnccc2c1N. The van der Waals surface area contributed by atoms with Crippen molar-refractivity contribution < 1.29 is 0 Å². The molecular weight excluding hydrogens is 244 g/mol. The number of anilines is 1. The highest BCUT2D eigenvalue weighted by molar-refractivity contribution is 7.99. The fourth-order valence-corrected chi connectivity index (χ4v) is 2.68. The summed E-state index contributed by atoms with van der Waals surface area (Å²) < 4.78 is 1.97. The number of nitrogen functional groups attached to an aromatic ring is 1. The monoisotopic (exact) mass is 256 g/mol. The van der Waals surface area contributed by atoms with Gasteiger partial charge in [0.25, 0.3) is 0 Å². The Balaban J connectivity index is 2.08. The molecule has 0 bridgehead atoms. The predicted octanol–water partition coefficient (Wildman–Crippen LogP) is 2.70. The second-order valence-electron chi connectivity index (χ2n) is 4.00. The van der Waals surface area contributed by atoms with Gasteiger partial charge in [-0.05, 0) is 23.9 Å². The smallest absolute Gasteiger partial charge is 0.172 e. The maximum absolute atomic E-state index is 6.20. The van der Waals surface area contributed by atoms with Gasteiger partial charge in [0, 0.05) is 47.5 Å². The average molecular weight is 256 g/mol. The molecule has 3 rings (SSSR count). The average Bonchev–Trinajstić information content (AvgIpc) is 2.79. The summed E-state index contributed by atoms with van der Waals surface area (Å²) in [6.07, 6.45) is 7.28. The van der Waals surface area contributed by atoms with Gasteiger partial charge in [-0.15, -0.1) is 0 Å². The molecule has 5 heteroatoms. The van der Waals surface area contributed by atoms with E-state index in [-0.39, 0.29) is 0 Å². The number of aryl methyl sites for hydroxylation is 1. The van der Waals surface area contributed by atoms with Crippen molar-refractivity contribution in [2.24, 2.45) is 7.05 Å². The van der Waals surface area contributed by atoms with E-state index in [2.05, 4.69) is 9.97 Å². The third-order valence-electron chi connectivity index (χ3n) is 2.80. The Hall–Kier alpha value is -2.01. The highest BCUT2D eigenvalue weighted by atomic mass is 32.2. The molecule has 0 aliphatic heterocycles. The lowest BCUT2D eigenvalue weighted by Gasteiger charge is -2.08. The number of benzene rings is 1.